The van der Waals surface area contributed by atoms with Gasteiger partial charge in [-0.05, 0) is 49.9 Å². The number of fused-ring (bicyclic) bond motifs is 2. The summed E-state index contributed by atoms with van der Waals surface area (Å²) < 4.78 is 5.13. The van der Waals surface area contributed by atoms with Crippen molar-refractivity contribution in [2.75, 3.05) is 26.2 Å². The second-order valence-electron chi connectivity index (χ2n) is 8.80. The minimum atomic E-state index is -0.130. The quantitative estimate of drug-likeness (QED) is 0.782. The number of hydrogen-bond acceptors (Lipinski definition) is 3. The van der Waals surface area contributed by atoms with E-state index in [9.17, 15) is 4.79 Å². The number of hydrogen-bond donors (Lipinski definition) is 0. The standard InChI is InChI=1S/C18H32N2O2/c1-5-22-16(21)19-8-6-14(7-9-19)20-13-18(4)11-15(20)10-17(2,3)12-18/h14-15H,5-13H2,1-4H3/t15-,18+/m0/s1. The van der Waals surface area contributed by atoms with Crippen molar-refractivity contribution in [1.29, 1.82) is 0 Å². The second kappa shape index (κ2) is 5.70. The number of piperidine rings is 1. The van der Waals surface area contributed by atoms with E-state index in [4.69, 9.17) is 4.74 Å². The molecule has 126 valence electrons. The average molecular weight is 308 g/mol. The number of likely N-dealkylation sites (tertiary alicyclic amines) is 2. The van der Waals surface area contributed by atoms with Gasteiger partial charge in [-0.1, -0.05) is 20.8 Å². The van der Waals surface area contributed by atoms with Crippen LogP contribution in [0.25, 0.3) is 0 Å². The van der Waals surface area contributed by atoms with Crippen molar-refractivity contribution in [1.82, 2.24) is 9.80 Å². The van der Waals surface area contributed by atoms with Gasteiger partial charge in [0.25, 0.3) is 0 Å². The molecular formula is C18H32N2O2. The largest absolute Gasteiger partial charge is 0.450 e. The zero-order valence-corrected chi connectivity index (χ0v) is 14.7. The highest BCUT2D eigenvalue weighted by molar-refractivity contribution is 5.67. The van der Waals surface area contributed by atoms with E-state index in [-0.39, 0.29) is 6.09 Å². The molecule has 0 radical (unpaired) electrons. The Morgan fingerprint density at radius 3 is 2.45 bits per heavy atom. The van der Waals surface area contributed by atoms with Crippen LogP contribution in [0.5, 0.6) is 0 Å². The Labute approximate surface area is 135 Å². The molecule has 0 aromatic heterocycles. The summed E-state index contributed by atoms with van der Waals surface area (Å²) in [4.78, 5) is 16.5. The van der Waals surface area contributed by atoms with Crippen LogP contribution in [0.15, 0.2) is 0 Å². The van der Waals surface area contributed by atoms with E-state index in [0.29, 0.717) is 23.5 Å². The molecule has 3 rings (SSSR count). The third-order valence-electron chi connectivity index (χ3n) is 5.91. The van der Waals surface area contributed by atoms with Gasteiger partial charge in [0.2, 0.25) is 0 Å². The van der Waals surface area contributed by atoms with Crippen LogP contribution in [-0.2, 0) is 4.74 Å². The molecular weight excluding hydrogens is 276 g/mol. The summed E-state index contributed by atoms with van der Waals surface area (Å²) in [6.45, 7) is 12.7. The Balaban J connectivity index is 1.59. The number of carbonyl (C=O) groups is 1. The van der Waals surface area contributed by atoms with Crippen LogP contribution in [0.3, 0.4) is 0 Å². The van der Waals surface area contributed by atoms with E-state index in [1.165, 1.54) is 25.8 Å². The van der Waals surface area contributed by atoms with Gasteiger partial charge in [0.05, 0.1) is 6.61 Å². The SMILES string of the molecule is CCOC(=O)N1CCC(N2C[C@]3(C)C[C@@H]2CC(C)(C)C3)CC1. The average Bonchev–Trinajstić information content (AvgIpc) is 2.68. The van der Waals surface area contributed by atoms with Crippen molar-refractivity contribution in [2.24, 2.45) is 10.8 Å². The van der Waals surface area contributed by atoms with Gasteiger partial charge in [0.1, 0.15) is 0 Å². The normalized spacial score (nSPS) is 35.6. The third kappa shape index (κ3) is 3.12. The van der Waals surface area contributed by atoms with E-state index in [1.54, 1.807) is 0 Å². The maximum Gasteiger partial charge on any atom is 0.409 e. The van der Waals surface area contributed by atoms with Gasteiger partial charge in [-0.15, -0.1) is 0 Å². The Hall–Kier alpha value is -0.770. The van der Waals surface area contributed by atoms with Gasteiger partial charge in [0.15, 0.2) is 0 Å². The fourth-order valence-electron chi connectivity index (χ4n) is 5.53. The zero-order chi connectivity index (χ0) is 16.0. The highest BCUT2D eigenvalue weighted by Crippen LogP contribution is 2.53. The van der Waals surface area contributed by atoms with Crippen molar-refractivity contribution in [3.8, 4) is 0 Å². The molecule has 0 aromatic carbocycles. The molecule has 3 fully saturated rings. The zero-order valence-electron chi connectivity index (χ0n) is 14.7. The van der Waals surface area contributed by atoms with Gasteiger partial charge >= 0.3 is 6.09 Å². The molecule has 22 heavy (non-hydrogen) atoms. The maximum atomic E-state index is 11.8. The van der Waals surface area contributed by atoms with Gasteiger partial charge in [-0.2, -0.15) is 0 Å². The van der Waals surface area contributed by atoms with E-state index in [2.05, 4.69) is 25.7 Å². The number of ether oxygens (including phenoxy) is 1. The first-order valence-corrected chi connectivity index (χ1v) is 8.99. The topological polar surface area (TPSA) is 32.8 Å². The molecule has 0 spiro atoms. The Morgan fingerprint density at radius 1 is 1.14 bits per heavy atom. The van der Waals surface area contributed by atoms with Crippen LogP contribution in [0.1, 0.15) is 59.8 Å². The van der Waals surface area contributed by atoms with Crippen LogP contribution in [0, 0.1) is 10.8 Å². The lowest BCUT2D eigenvalue weighted by Crippen LogP contribution is -2.48. The molecule has 3 aliphatic rings. The van der Waals surface area contributed by atoms with Crippen LogP contribution in [0.4, 0.5) is 4.79 Å². The number of carbonyl (C=O) groups excluding carboxylic acids is 1. The molecule has 0 aromatic rings. The summed E-state index contributed by atoms with van der Waals surface area (Å²) in [7, 11) is 0. The van der Waals surface area contributed by atoms with E-state index in [1.807, 2.05) is 11.8 Å². The summed E-state index contributed by atoms with van der Waals surface area (Å²) in [5, 5.41) is 0. The predicted octanol–water partition coefficient (Wildman–Crippen LogP) is 3.51. The molecule has 2 aliphatic heterocycles. The van der Waals surface area contributed by atoms with Gasteiger partial charge in [-0.3, -0.25) is 4.90 Å². The summed E-state index contributed by atoms with van der Waals surface area (Å²) in [5.74, 6) is 0. The summed E-state index contributed by atoms with van der Waals surface area (Å²) in [6, 6.07) is 1.42. The molecule has 0 unspecified atom stereocenters. The molecule has 1 saturated carbocycles. The lowest BCUT2D eigenvalue weighted by molar-refractivity contribution is 0.0653. The molecule has 2 saturated heterocycles. The minimum absolute atomic E-state index is 0.130. The first kappa shape index (κ1) is 16.1. The highest BCUT2D eigenvalue weighted by atomic mass is 16.6. The monoisotopic (exact) mass is 308 g/mol. The summed E-state index contributed by atoms with van der Waals surface area (Å²) in [6.07, 6.45) is 6.14. The first-order valence-electron chi connectivity index (χ1n) is 8.99. The smallest absolute Gasteiger partial charge is 0.409 e. The molecule has 2 bridgehead atoms. The molecule has 1 amide bonds. The fourth-order valence-corrected chi connectivity index (χ4v) is 5.53. The van der Waals surface area contributed by atoms with Crippen molar-refractivity contribution >= 4 is 6.09 Å². The van der Waals surface area contributed by atoms with Crippen molar-refractivity contribution in [3.63, 3.8) is 0 Å². The molecule has 1 aliphatic carbocycles. The molecule has 2 heterocycles. The van der Waals surface area contributed by atoms with Gasteiger partial charge in [-0.25, -0.2) is 4.79 Å². The molecule has 0 N–H and O–H groups in total. The van der Waals surface area contributed by atoms with Gasteiger partial charge < -0.3 is 9.64 Å². The number of nitrogens with zero attached hydrogens (tertiary/aromatic N) is 2. The predicted molar refractivity (Wildman–Crippen MR) is 87.9 cm³/mol. The third-order valence-corrected chi connectivity index (χ3v) is 5.91. The minimum Gasteiger partial charge on any atom is -0.450 e. The van der Waals surface area contributed by atoms with Crippen molar-refractivity contribution in [3.05, 3.63) is 0 Å². The fraction of sp³-hybridized carbons (Fsp3) is 0.944. The van der Waals surface area contributed by atoms with E-state index >= 15 is 0 Å². The van der Waals surface area contributed by atoms with Gasteiger partial charge in [0, 0.05) is 31.7 Å². The molecule has 2 atom stereocenters. The molecule has 4 heteroatoms. The summed E-state index contributed by atoms with van der Waals surface area (Å²) >= 11 is 0. The first-order chi connectivity index (χ1) is 10.3. The van der Waals surface area contributed by atoms with E-state index in [0.717, 1.165) is 32.0 Å². The van der Waals surface area contributed by atoms with Crippen LogP contribution >= 0.6 is 0 Å². The number of rotatable bonds is 2. The Morgan fingerprint density at radius 2 is 1.82 bits per heavy atom. The summed E-state index contributed by atoms with van der Waals surface area (Å²) in [5.41, 5.74) is 0.989. The van der Waals surface area contributed by atoms with Crippen LogP contribution in [0.2, 0.25) is 0 Å². The lowest BCUT2D eigenvalue weighted by Gasteiger charge is -2.41. The lowest BCUT2D eigenvalue weighted by atomic mass is 9.65. The van der Waals surface area contributed by atoms with E-state index < -0.39 is 0 Å². The van der Waals surface area contributed by atoms with Crippen molar-refractivity contribution in [2.45, 2.75) is 71.9 Å². The molecule has 4 nitrogen and oxygen atoms in total. The number of amides is 1. The maximum absolute atomic E-state index is 11.8. The van der Waals surface area contributed by atoms with Crippen LogP contribution in [-0.4, -0.2) is 54.2 Å². The highest BCUT2D eigenvalue weighted by Gasteiger charge is 2.51. The Bertz CT molecular complexity index is 429. The second-order valence-corrected chi connectivity index (χ2v) is 8.80. The Kier molecular flexibility index (Phi) is 4.17. The van der Waals surface area contributed by atoms with Crippen molar-refractivity contribution < 1.29 is 9.53 Å². The van der Waals surface area contributed by atoms with Crippen LogP contribution < -0.4 is 0 Å².